The van der Waals surface area contributed by atoms with Gasteiger partial charge in [-0.15, -0.1) is 0 Å². The number of nitrogens with one attached hydrogen (secondary N) is 1. The molecule has 102 valence electrons. The average molecular weight is 260 g/mol. The van der Waals surface area contributed by atoms with Crippen LogP contribution in [-0.4, -0.2) is 24.3 Å². The number of rotatable bonds is 5. The Balaban J connectivity index is 2.38. The van der Waals surface area contributed by atoms with Crippen molar-refractivity contribution in [3.63, 3.8) is 0 Å². The summed E-state index contributed by atoms with van der Waals surface area (Å²) < 4.78 is 6.74. The Morgan fingerprint density at radius 3 is 2.84 bits per heavy atom. The van der Waals surface area contributed by atoms with E-state index in [9.17, 15) is 4.79 Å². The maximum Gasteiger partial charge on any atom is 0.252 e. The zero-order chi connectivity index (χ0) is 13.8. The second-order valence-electron chi connectivity index (χ2n) is 4.80. The summed E-state index contributed by atoms with van der Waals surface area (Å²) in [7, 11) is 3.49. The molecule has 1 N–H and O–H groups in total. The first-order valence-corrected chi connectivity index (χ1v) is 6.47. The maximum absolute atomic E-state index is 11.9. The zero-order valence-corrected chi connectivity index (χ0v) is 11.6. The van der Waals surface area contributed by atoms with Crippen LogP contribution in [0.15, 0.2) is 35.1 Å². The van der Waals surface area contributed by atoms with Crippen LogP contribution in [0.4, 0.5) is 5.69 Å². The molecule has 0 fully saturated rings. The lowest BCUT2D eigenvalue weighted by molar-refractivity contribution is 0.191. The molecule has 0 saturated carbocycles. The van der Waals surface area contributed by atoms with Crippen molar-refractivity contribution in [2.75, 3.05) is 19.0 Å². The molecule has 0 amide bonds. The van der Waals surface area contributed by atoms with E-state index >= 15 is 0 Å². The predicted molar refractivity (Wildman–Crippen MR) is 78.8 cm³/mol. The zero-order valence-electron chi connectivity index (χ0n) is 11.6. The van der Waals surface area contributed by atoms with Crippen molar-refractivity contribution in [1.29, 1.82) is 0 Å². The molecule has 4 nitrogen and oxygen atoms in total. The molecular weight excluding hydrogens is 240 g/mol. The highest BCUT2D eigenvalue weighted by molar-refractivity contribution is 5.91. The van der Waals surface area contributed by atoms with Gasteiger partial charge in [-0.3, -0.25) is 4.79 Å². The Kier molecular flexibility index (Phi) is 4.22. The van der Waals surface area contributed by atoms with E-state index in [2.05, 4.69) is 12.2 Å². The maximum atomic E-state index is 11.9. The number of hydrogen-bond donors (Lipinski definition) is 1. The van der Waals surface area contributed by atoms with Crippen molar-refractivity contribution in [1.82, 2.24) is 4.57 Å². The largest absolute Gasteiger partial charge is 0.385 e. The quantitative estimate of drug-likeness (QED) is 0.897. The Bertz CT molecular complexity index is 619. The first-order valence-electron chi connectivity index (χ1n) is 6.47. The molecule has 0 aliphatic rings. The number of fused-ring (bicyclic) bond motifs is 1. The molecular formula is C15H20N2O2. The second kappa shape index (κ2) is 5.89. The van der Waals surface area contributed by atoms with E-state index < -0.39 is 0 Å². The summed E-state index contributed by atoms with van der Waals surface area (Å²) in [4.78, 5) is 11.9. The van der Waals surface area contributed by atoms with Gasteiger partial charge in [0.25, 0.3) is 5.56 Å². The monoisotopic (exact) mass is 260 g/mol. The fraction of sp³-hybridized carbons (Fsp3) is 0.400. The number of ether oxygens (including phenoxy) is 1. The Labute approximate surface area is 113 Å². The molecule has 1 aromatic carbocycles. The lowest BCUT2D eigenvalue weighted by Crippen LogP contribution is -2.21. The van der Waals surface area contributed by atoms with Crippen LogP contribution in [0.25, 0.3) is 10.9 Å². The van der Waals surface area contributed by atoms with Crippen LogP contribution < -0.4 is 10.9 Å². The molecule has 0 saturated heterocycles. The standard InChI is InChI=1S/C15H20N2O2/c1-11(8-9-19-3)16-13-10-15(18)17(2)14-7-5-4-6-12(13)14/h4-7,10-11,16H,8-9H2,1-3H3. The molecule has 2 aromatic rings. The van der Waals surface area contributed by atoms with Gasteiger partial charge in [0.05, 0.1) is 5.52 Å². The highest BCUT2D eigenvalue weighted by Crippen LogP contribution is 2.21. The lowest BCUT2D eigenvalue weighted by atomic mass is 10.1. The molecule has 2 rings (SSSR count). The van der Waals surface area contributed by atoms with Crippen molar-refractivity contribution >= 4 is 16.6 Å². The Hall–Kier alpha value is -1.81. The third kappa shape index (κ3) is 2.96. The van der Waals surface area contributed by atoms with Crippen molar-refractivity contribution < 1.29 is 4.74 Å². The van der Waals surface area contributed by atoms with E-state index in [1.807, 2.05) is 24.3 Å². The molecule has 0 aliphatic heterocycles. The molecule has 0 bridgehead atoms. The van der Waals surface area contributed by atoms with E-state index in [1.165, 1.54) is 0 Å². The predicted octanol–water partition coefficient (Wildman–Crippen LogP) is 2.38. The normalized spacial score (nSPS) is 12.6. The van der Waals surface area contributed by atoms with E-state index in [0.29, 0.717) is 6.61 Å². The third-order valence-electron chi connectivity index (χ3n) is 3.31. The number of methoxy groups -OCH3 is 1. The Morgan fingerprint density at radius 1 is 1.37 bits per heavy atom. The number of anilines is 1. The molecule has 1 unspecified atom stereocenters. The molecule has 1 aromatic heterocycles. The average Bonchev–Trinajstić information content (AvgIpc) is 2.42. The van der Waals surface area contributed by atoms with Crippen molar-refractivity contribution in [2.45, 2.75) is 19.4 Å². The molecule has 1 heterocycles. The summed E-state index contributed by atoms with van der Waals surface area (Å²) in [6.45, 7) is 2.79. The fourth-order valence-electron chi connectivity index (χ4n) is 2.16. The summed E-state index contributed by atoms with van der Waals surface area (Å²) in [6.07, 6.45) is 0.903. The summed E-state index contributed by atoms with van der Waals surface area (Å²) in [5.41, 5.74) is 1.83. The minimum atomic E-state index is 0.000131. The van der Waals surface area contributed by atoms with Gasteiger partial charge in [-0.1, -0.05) is 18.2 Å². The van der Waals surface area contributed by atoms with Crippen LogP contribution in [0, 0.1) is 0 Å². The van der Waals surface area contributed by atoms with E-state index in [4.69, 9.17) is 4.74 Å². The van der Waals surface area contributed by atoms with Crippen LogP contribution in [0.5, 0.6) is 0 Å². The molecule has 0 spiro atoms. The summed E-state index contributed by atoms with van der Waals surface area (Å²) in [5, 5.41) is 4.46. The van der Waals surface area contributed by atoms with Gasteiger partial charge in [0.1, 0.15) is 0 Å². The van der Waals surface area contributed by atoms with Crippen molar-refractivity contribution in [3.8, 4) is 0 Å². The fourth-order valence-corrected chi connectivity index (χ4v) is 2.16. The number of pyridine rings is 1. The smallest absolute Gasteiger partial charge is 0.252 e. The number of aromatic nitrogens is 1. The number of benzene rings is 1. The number of aryl methyl sites for hydroxylation is 1. The molecule has 1 atom stereocenters. The summed E-state index contributed by atoms with van der Waals surface area (Å²) in [6, 6.07) is 9.83. The summed E-state index contributed by atoms with van der Waals surface area (Å²) >= 11 is 0. The van der Waals surface area contributed by atoms with Crippen molar-refractivity contribution in [3.05, 3.63) is 40.7 Å². The molecule has 0 radical (unpaired) electrons. The topological polar surface area (TPSA) is 43.3 Å². The lowest BCUT2D eigenvalue weighted by Gasteiger charge is -2.17. The van der Waals surface area contributed by atoms with Gasteiger partial charge in [-0.2, -0.15) is 0 Å². The van der Waals surface area contributed by atoms with Gasteiger partial charge in [0.2, 0.25) is 0 Å². The minimum absolute atomic E-state index is 0.000131. The first-order chi connectivity index (χ1) is 9.13. The number of hydrogen-bond acceptors (Lipinski definition) is 3. The van der Waals surface area contributed by atoms with Crippen LogP contribution in [0.1, 0.15) is 13.3 Å². The van der Waals surface area contributed by atoms with Gasteiger partial charge >= 0.3 is 0 Å². The van der Waals surface area contributed by atoms with E-state index in [0.717, 1.165) is 23.0 Å². The van der Waals surface area contributed by atoms with E-state index in [-0.39, 0.29) is 11.6 Å². The van der Waals surface area contributed by atoms with Crippen LogP contribution in [0.3, 0.4) is 0 Å². The SMILES string of the molecule is COCCC(C)Nc1cc(=O)n(C)c2ccccc12. The molecule has 19 heavy (non-hydrogen) atoms. The second-order valence-corrected chi connectivity index (χ2v) is 4.80. The van der Waals surface area contributed by atoms with Crippen LogP contribution >= 0.6 is 0 Å². The first kappa shape index (κ1) is 13.6. The highest BCUT2D eigenvalue weighted by atomic mass is 16.5. The van der Waals surface area contributed by atoms with Gasteiger partial charge in [0, 0.05) is 43.9 Å². The van der Waals surface area contributed by atoms with Gasteiger partial charge in [0.15, 0.2) is 0 Å². The molecule has 0 aliphatic carbocycles. The van der Waals surface area contributed by atoms with Gasteiger partial charge < -0.3 is 14.6 Å². The Morgan fingerprint density at radius 2 is 2.11 bits per heavy atom. The number of para-hydroxylation sites is 1. The summed E-state index contributed by atoms with van der Waals surface area (Å²) in [5.74, 6) is 0. The van der Waals surface area contributed by atoms with Gasteiger partial charge in [-0.25, -0.2) is 0 Å². The third-order valence-corrected chi connectivity index (χ3v) is 3.31. The minimum Gasteiger partial charge on any atom is -0.385 e. The van der Waals surface area contributed by atoms with Crippen LogP contribution in [-0.2, 0) is 11.8 Å². The highest BCUT2D eigenvalue weighted by Gasteiger charge is 2.08. The van der Waals surface area contributed by atoms with E-state index in [1.54, 1.807) is 24.8 Å². The number of nitrogens with zero attached hydrogens (tertiary/aromatic N) is 1. The molecule has 4 heteroatoms. The van der Waals surface area contributed by atoms with Crippen molar-refractivity contribution in [2.24, 2.45) is 7.05 Å². The van der Waals surface area contributed by atoms with Crippen LogP contribution in [0.2, 0.25) is 0 Å². The van der Waals surface area contributed by atoms with Gasteiger partial charge in [-0.05, 0) is 19.4 Å².